The molecule has 0 heterocycles. The molecule has 2 rings (SSSR count). The van der Waals surface area contributed by atoms with Crippen LogP contribution in [0.3, 0.4) is 0 Å². The summed E-state index contributed by atoms with van der Waals surface area (Å²) in [5.74, 6) is -2.56. The van der Waals surface area contributed by atoms with E-state index in [4.69, 9.17) is 5.11 Å². The van der Waals surface area contributed by atoms with Gasteiger partial charge in [-0.2, -0.15) is 0 Å². The molecule has 4 nitrogen and oxygen atoms in total. The minimum Gasteiger partial charge on any atom is -0.478 e. The molecule has 0 saturated carbocycles. The van der Waals surface area contributed by atoms with Crippen LogP contribution in [-0.4, -0.2) is 17.0 Å². The van der Waals surface area contributed by atoms with Gasteiger partial charge >= 0.3 is 5.97 Å². The molecular formula is C14H8BrFINO3. The van der Waals surface area contributed by atoms with Gasteiger partial charge in [0.05, 0.1) is 16.8 Å². The van der Waals surface area contributed by atoms with Crippen LogP contribution in [0, 0.1) is 9.39 Å². The van der Waals surface area contributed by atoms with Crippen LogP contribution in [0.1, 0.15) is 20.7 Å². The Kier molecular flexibility index (Phi) is 4.94. The SMILES string of the molecule is O=C(Nc1ccc(I)cc1C(=O)O)c1ccc(Br)cc1F. The average molecular weight is 464 g/mol. The third kappa shape index (κ3) is 3.79. The van der Waals surface area contributed by atoms with Crippen molar-refractivity contribution >= 4 is 56.1 Å². The first-order chi connectivity index (χ1) is 9.88. The number of carboxylic acids is 1. The first-order valence-electron chi connectivity index (χ1n) is 5.67. The lowest BCUT2D eigenvalue weighted by Crippen LogP contribution is -2.16. The van der Waals surface area contributed by atoms with Crippen molar-refractivity contribution < 1.29 is 19.1 Å². The Balaban J connectivity index is 2.34. The summed E-state index contributed by atoms with van der Waals surface area (Å²) >= 11 is 5.07. The Morgan fingerprint density at radius 2 is 1.86 bits per heavy atom. The number of hydrogen-bond donors (Lipinski definition) is 2. The third-order valence-corrected chi connectivity index (χ3v) is 3.80. The zero-order valence-corrected chi connectivity index (χ0v) is 14.1. The number of nitrogens with one attached hydrogen (secondary N) is 1. The lowest BCUT2D eigenvalue weighted by molar-refractivity contribution is 0.0698. The second kappa shape index (κ2) is 6.52. The fourth-order valence-corrected chi connectivity index (χ4v) is 2.49. The van der Waals surface area contributed by atoms with Gasteiger partial charge in [-0.3, -0.25) is 4.79 Å². The van der Waals surface area contributed by atoms with E-state index in [0.717, 1.165) is 3.57 Å². The molecule has 0 saturated heterocycles. The molecule has 0 aromatic heterocycles. The molecule has 0 bridgehead atoms. The van der Waals surface area contributed by atoms with E-state index in [9.17, 15) is 14.0 Å². The van der Waals surface area contributed by atoms with E-state index in [-0.39, 0.29) is 16.8 Å². The normalized spacial score (nSPS) is 10.2. The summed E-state index contributed by atoms with van der Waals surface area (Å²) < 4.78 is 14.9. The fourth-order valence-electron chi connectivity index (χ4n) is 1.67. The van der Waals surface area contributed by atoms with Gasteiger partial charge in [0, 0.05) is 8.04 Å². The molecule has 0 fully saturated rings. The van der Waals surface area contributed by atoms with Crippen molar-refractivity contribution in [3.63, 3.8) is 0 Å². The van der Waals surface area contributed by atoms with Gasteiger partial charge in [-0.1, -0.05) is 15.9 Å². The maximum Gasteiger partial charge on any atom is 0.337 e. The van der Waals surface area contributed by atoms with Gasteiger partial charge < -0.3 is 10.4 Å². The van der Waals surface area contributed by atoms with Gasteiger partial charge in [0.25, 0.3) is 5.91 Å². The van der Waals surface area contributed by atoms with Crippen LogP contribution in [0.25, 0.3) is 0 Å². The number of amides is 1. The molecule has 2 aromatic carbocycles. The topological polar surface area (TPSA) is 66.4 Å². The maximum absolute atomic E-state index is 13.7. The first-order valence-corrected chi connectivity index (χ1v) is 7.55. The number of rotatable bonds is 3. The molecule has 7 heteroatoms. The van der Waals surface area contributed by atoms with Crippen molar-refractivity contribution in [1.29, 1.82) is 0 Å². The summed E-state index contributed by atoms with van der Waals surface area (Å²) in [4.78, 5) is 23.2. The van der Waals surface area contributed by atoms with Crippen molar-refractivity contribution in [3.8, 4) is 0 Å². The van der Waals surface area contributed by atoms with E-state index in [2.05, 4.69) is 21.2 Å². The van der Waals surface area contributed by atoms with Crippen molar-refractivity contribution in [3.05, 3.63) is 61.4 Å². The highest BCUT2D eigenvalue weighted by atomic mass is 127. The van der Waals surface area contributed by atoms with Crippen molar-refractivity contribution in [1.82, 2.24) is 0 Å². The number of carbonyl (C=O) groups is 2. The molecule has 2 N–H and O–H groups in total. The van der Waals surface area contributed by atoms with Crippen LogP contribution in [0.2, 0.25) is 0 Å². The van der Waals surface area contributed by atoms with E-state index in [1.807, 2.05) is 22.6 Å². The highest BCUT2D eigenvalue weighted by Gasteiger charge is 2.16. The van der Waals surface area contributed by atoms with Gasteiger partial charge in [0.1, 0.15) is 5.82 Å². The zero-order chi connectivity index (χ0) is 15.6. The smallest absolute Gasteiger partial charge is 0.337 e. The summed E-state index contributed by atoms with van der Waals surface area (Å²) in [5.41, 5.74) is -0.0870. The van der Waals surface area contributed by atoms with Crippen LogP contribution in [-0.2, 0) is 0 Å². The number of hydrogen-bond acceptors (Lipinski definition) is 2. The van der Waals surface area contributed by atoms with E-state index >= 15 is 0 Å². The maximum atomic E-state index is 13.7. The molecule has 108 valence electrons. The molecule has 0 aliphatic heterocycles. The first kappa shape index (κ1) is 15.9. The Bertz CT molecular complexity index is 736. The monoisotopic (exact) mass is 463 g/mol. The molecule has 0 unspecified atom stereocenters. The largest absolute Gasteiger partial charge is 0.478 e. The van der Waals surface area contributed by atoms with Crippen molar-refractivity contribution in [2.75, 3.05) is 5.32 Å². The molecule has 0 aliphatic carbocycles. The molecule has 0 spiro atoms. The van der Waals surface area contributed by atoms with Crippen LogP contribution >= 0.6 is 38.5 Å². The van der Waals surface area contributed by atoms with Gasteiger partial charge in [-0.05, 0) is 59.0 Å². The highest BCUT2D eigenvalue weighted by Crippen LogP contribution is 2.21. The molecule has 0 atom stereocenters. The van der Waals surface area contributed by atoms with Crippen molar-refractivity contribution in [2.24, 2.45) is 0 Å². The Labute approximate surface area is 141 Å². The molecule has 0 radical (unpaired) electrons. The van der Waals surface area contributed by atoms with Gasteiger partial charge in [-0.25, -0.2) is 9.18 Å². The fraction of sp³-hybridized carbons (Fsp3) is 0. The zero-order valence-electron chi connectivity index (χ0n) is 10.4. The number of benzene rings is 2. The lowest BCUT2D eigenvalue weighted by atomic mass is 10.1. The quantitative estimate of drug-likeness (QED) is 0.672. The predicted molar refractivity (Wildman–Crippen MR) is 88.2 cm³/mol. The number of halogens is 3. The molecule has 1 amide bonds. The number of aromatic carboxylic acids is 1. The van der Waals surface area contributed by atoms with E-state index < -0.39 is 17.7 Å². The molecule has 0 aliphatic rings. The van der Waals surface area contributed by atoms with Crippen LogP contribution in [0.5, 0.6) is 0 Å². The summed E-state index contributed by atoms with van der Waals surface area (Å²) in [6, 6.07) is 8.57. The van der Waals surface area contributed by atoms with Gasteiger partial charge in [-0.15, -0.1) is 0 Å². The lowest BCUT2D eigenvalue weighted by Gasteiger charge is -2.09. The molecule has 2 aromatic rings. The standard InChI is InChI=1S/C14H8BrFINO3/c15-7-1-3-9(11(16)5-7)13(19)18-12-4-2-8(17)6-10(12)14(20)21/h1-6H,(H,18,19)(H,20,21). The second-order valence-electron chi connectivity index (χ2n) is 4.07. The summed E-state index contributed by atoms with van der Waals surface area (Å²) in [6.07, 6.45) is 0. The van der Waals surface area contributed by atoms with E-state index in [0.29, 0.717) is 4.47 Å². The summed E-state index contributed by atoms with van der Waals surface area (Å²) in [5, 5.41) is 11.5. The van der Waals surface area contributed by atoms with Crippen LogP contribution in [0.4, 0.5) is 10.1 Å². The molecule has 21 heavy (non-hydrogen) atoms. The minimum atomic E-state index is -1.17. The Morgan fingerprint density at radius 1 is 1.14 bits per heavy atom. The summed E-state index contributed by atoms with van der Waals surface area (Å²) in [7, 11) is 0. The van der Waals surface area contributed by atoms with E-state index in [1.165, 1.54) is 30.3 Å². The number of anilines is 1. The van der Waals surface area contributed by atoms with Crippen LogP contribution < -0.4 is 5.32 Å². The van der Waals surface area contributed by atoms with E-state index in [1.54, 1.807) is 6.07 Å². The second-order valence-corrected chi connectivity index (χ2v) is 6.23. The van der Waals surface area contributed by atoms with Crippen molar-refractivity contribution in [2.45, 2.75) is 0 Å². The summed E-state index contributed by atoms with van der Waals surface area (Å²) in [6.45, 7) is 0. The minimum absolute atomic E-state index is 0.0484. The van der Waals surface area contributed by atoms with Gasteiger partial charge in [0.2, 0.25) is 0 Å². The molecular weight excluding hydrogens is 456 g/mol. The Morgan fingerprint density at radius 3 is 2.48 bits per heavy atom. The number of carboxylic acid groups (broad SMARTS) is 1. The predicted octanol–water partition coefficient (Wildman–Crippen LogP) is 4.14. The van der Waals surface area contributed by atoms with Gasteiger partial charge in [0.15, 0.2) is 0 Å². The highest BCUT2D eigenvalue weighted by molar-refractivity contribution is 14.1. The number of carbonyl (C=O) groups excluding carboxylic acids is 1. The average Bonchev–Trinajstić information content (AvgIpc) is 2.40. The third-order valence-electron chi connectivity index (χ3n) is 2.64. The Hall–Kier alpha value is -1.48. The van der Waals surface area contributed by atoms with Crippen LogP contribution in [0.15, 0.2) is 40.9 Å².